The van der Waals surface area contributed by atoms with Gasteiger partial charge in [0, 0.05) is 22.7 Å². The van der Waals surface area contributed by atoms with Crippen LogP contribution in [0.4, 0.5) is 10.1 Å². The number of nitrogens with one attached hydrogen (secondary N) is 1. The third kappa shape index (κ3) is 5.55. The zero-order valence-electron chi connectivity index (χ0n) is 19.7. The van der Waals surface area contributed by atoms with E-state index in [0.29, 0.717) is 39.7 Å². The van der Waals surface area contributed by atoms with Gasteiger partial charge in [0.25, 0.3) is 11.8 Å². The van der Waals surface area contributed by atoms with Crippen molar-refractivity contribution in [1.82, 2.24) is 5.32 Å². The molecule has 4 aromatic carbocycles. The molecule has 2 amide bonds. The van der Waals surface area contributed by atoms with Crippen molar-refractivity contribution in [2.75, 3.05) is 4.90 Å². The minimum Gasteiger partial charge on any atom is -0.449 e. The summed E-state index contributed by atoms with van der Waals surface area (Å²) in [5.41, 5.74) is 3.08. The lowest BCUT2D eigenvalue weighted by Gasteiger charge is -2.30. The first kappa shape index (κ1) is 24.3. The highest BCUT2D eigenvalue weighted by atomic mass is 35.5. The average molecular weight is 513 g/mol. The van der Waals surface area contributed by atoms with Crippen LogP contribution in [-0.4, -0.2) is 11.8 Å². The number of carbonyl (C=O) groups excluding carboxylic acids is 2. The third-order valence-corrected chi connectivity index (χ3v) is 6.21. The molecule has 184 valence electrons. The molecule has 1 aliphatic heterocycles. The topological polar surface area (TPSA) is 58.6 Å². The van der Waals surface area contributed by atoms with Crippen molar-refractivity contribution in [3.05, 3.63) is 136 Å². The van der Waals surface area contributed by atoms with Crippen molar-refractivity contribution in [3.63, 3.8) is 0 Å². The summed E-state index contributed by atoms with van der Waals surface area (Å²) in [5, 5.41) is 3.51. The number of halogens is 2. The normalized spacial score (nSPS) is 13.7. The molecule has 0 saturated heterocycles. The fraction of sp³-hybridized carbons (Fsp3) is 0.0667. The van der Waals surface area contributed by atoms with E-state index in [0.717, 1.165) is 5.56 Å². The van der Waals surface area contributed by atoms with Crippen molar-refractivity contribution in [1.29, 1.82) is 0 Å². The molecule has 37 heavy (non-hydrogen) atoms. The van der Waals surface area contributed by atoms with Crippen LogP contribution in [0, 0.1) is 5.82 Å². The Bertz CT molecular complexity index is 1480. The van der Waals surface area contributed by atoms with Gasteiger partial charge in [0.15, 0.2) is 11.5 Å². The molecule has 7 heteroatoms. The molecule has 4 aromatic rings. The number of fused-ring (bicyclic) bond motifs is 1. The molecule has 0 unspecified atom stereocenters. The van der Waals surface area contributed by atoms with E-state index in [1.54, 1.807) is 78.9 Å². The number of anilines is 1. The molecule has 0 spiro atoms. The zero-order chi connectivity index (χ0) is 25.8. The number of ether oxygens (including phenoxy) is 1. The molecular formula is C30H22ClFN2O3. The third-order valence-electron chi connectivity index (χ3n) is 5.96. The van der Waals surface area contributed by atoms with Gasteiger partial charge in [-0.25, -0.2) is 4.39 Å². The van der Waals surface area contributed by atoms with E-state index in [9.17, 15) is 14.0 Å². The van der Waals surface area contributed by atoms with E-state index in [-0.39, 0.29) is 29.9 Å². The smallest absolute Gasteiger partial charge is 0.294 e. The quantitative estimate of drug-likeness (QED) is 0.305. The number of hydrogen-bond acceptors (Lipinski definition) is 3. The number of hydrogen-bond donors (Lipinski definition) is 1. The van der Waals surface area contributed by atoms with Crippen LogP contribution in [0.1, 0.15) is 27.0 Å². The lowest BCUT2D eigenvalue weighted by atomic mass is 10.1. The highest BCUT2D eigenvalue weighted by molar-refractivity contribution is 6.30. The number of nitrogens with zero attached hydrogens (tertiary/aromatic N) is 1. The first-order valence-corrected chi connectivity index (χ1v) is 12.0. The van der Waals surface area contributed by atoms with Crippen LogP contribution in [-0.2, 0) is 17.9 Å². The van der Waals surface area contributed by atoms with Crippen LogP contribution >= 0.6 is 11.6 Å². The van der Waals surface area contributed by atoms with Crippen LogP contribution in [0.2, 0.25) is 5.02 Å². The second-order valence-electron chi connectivity index (χ2n) is 8.49. The van der Waals surface area contributed by atoms with E-state index < -0.39 is 0 Å². The van der Waals surface area contributed by atoms with E-state index in [1.165, 1.54) is 11.0 Å². The molecule has 5 rings (SSSR count). The van der Waals surface area contributed by atoms with Gasteiger partial charge < -0.3 is 10.1 Å². The molecule has 0 radical (unpaired) electrons. The largest absolute Gasteiger partial charge is 0.449 e. The van der Waals surface area contributed by atoms with Gasteiger partial charge in [0.05, 0.1) is 12.2 Å². The Morgan fingerprint density at radius 3 is 2.38 bits per heavy atom. The zero-order valence-corrected chi connectivity index (χ0v) is 20.4. The first-order chi connectivity index (χ1) is 18.0. The van der Waals surface area contributed by atoms with E-state index in [1.807, 2.05) is 18.2 Å². The Morgan fingerprint density at radius 1 is 0.919 bits per heavy atom. The van der Waals surface area contributed by atoms with Gasteiger partial charge in [-0.1, -0.05) is 66.2 Å². The van der Waals surface area contributed by atoms with Gasteiger partial charge in [-0.2, -0.15) is 0 Å². The SMILES string of the molecule is O=C(NCc1ccc(Cl)cc1)c1ccc(C=C2Oc3ccccc3N(Cc3ccccc3F)C2=O)cc1. The summed E-state index contributed by atoms with van der Waals surface area (Å²) in [7, 11) is 0. The van der Waals surface area contributed by atoms with Gasteiger partial charge in [-0.15, -0.1) is 0 Å². The maximum Gasteiger partial charge on any atom is 0.294 e. The van der Waals surface area contributed by atoms with Crippen LogP contribution in [0.5, 0.6) is 5.75 Å². The van der Waals surface area contributed by atoms with E-state index >= 15 is 0 Å². The van der Waals surface area contributed by atoms with Crippen molar-refractivity contribution in [2.45, 2.75) is 13.1 Å². The van der Waals surface area contributed by atoms with Gasteiger partial charge in [-0.3, -0.25) is 14.5 Å². The van der Waals surface area contributed by atoms with Gasteiger partial charge in [0.2, 0.25) is 0 Å². The lowest BCUT2D eigenvalue weighted by molar-refractivity contribution is -0.117. The second-order valence-corrected chi connectivity index (χ2v) is 8.93. The lowest BCUT2D eigenvalue weighted by Crippen LogP contribution is -2.37. The van der Waals surface area contributed by atoms with Crippen molar-refractivity contribution >= 4 is 35.2 Å². The number of rotatable bonds is 6. The van der Waals surface area contributed by atoms with Gasteiger partial charge >= 0.3 is 0 Å². The maximum absolute atomic E-state index is 14.3. The van der Waals surface area contributed by atoms with Gasteiger partial charge in [0.1, 0.15) is 5.82 Å². The van der Waals surface area contributed by atoms with Crippen LogP contribution in [0.15, 0.2) is 103 Å². The highest BCUT2D eigenvalue weighted by Gasteiger charge is 2.30. The minimum atomic E-state index is -0.383. The van der Waals surface area contributed by atoms with Crippen molar-refractivity contribution in [2.24, 2.45) is 0 Å². The molecule has 0 aromatic heterocycles. The van der Waals surface area contributed by atoms with E-state index in [4.69, 9.17) is 16.3 Å². The van der Waals surface area contributed by atoms with Crippen molar-refractivity contribution in [3.8, 4) is 5.75 Å². The Labute approximate surface area is 218 Å². The predicted octanol–water partition coefficient (Wildman–Crippen LogP) is 6.38. The fourth-order valence-corrected chi connectivity index (χ4v) is 4.11. The molecule has 0 saturated carbocycles. The summed E-state index contributed by atoms with van der Waals surface area (Å²) in [6.45, 7) is 0.442. The summed E-state index contributed by atoms with van der Waals surface area (Å²) in [6, 6.07) is 27.6. The molecule has 0 atom stereocenters. The number of para-hydroxylation sites is 2. The number of benzene rings is 4. The molecule has 5 nitrogen and oxygen atoms in total. The highest BCUT2D eigenvalue weighted by Crippen LogP contribution is 2.36. The Kier molecular flexibility index (Phi) is 7.01. The molecule has 1 N–H and O–H groups in total. The summed E-state index contributed by atoms with van der Waals surface area (Å²) in [5.74, 6) is -0.372. The summed E-state index contributed by atoms with van der Waals surface area (Å²) in [6.07, 6.45) is 1.61. The summed E-state index contributed by atoms with van der Waals surface area (Å²) >= 11 is 5.90. The molecule has 0 fully saturated rings. The Balaban J connectivity index is 1.33. The molecule has 1 heterocycles. The predicted molar refractivity (Wildman–Crippen MR) is 142 cm³/mol. The number of amides is 2. The Morgan fingerprint density at radius 2 is 1.62 bits per heavy atom. The van der Waals surface area contributed by atoms with Crippen molar-refractivity contribution < 1.29 is 18.7 Å². The average Bonchev–Trinajstić information content (AvgIpc) is 2.92. The maximum atomic E-state index is 14.3. The van der Waals surface area contributed by atoms with Crippen LogP contribution in [0.25, 0.3) is 6.08 Å². The first-order valence-electron chi connectivity index (χ1n) is 11.6. The molecule has 0 bridgehead atoms. The molecule has 0 aliphatic carbocycles. The fourth-order valence-electron chi connectivity index (χ4n) is 3.98. The summed E-state index contributed by atoms with van der Waals surface area (Å²) in [4.78, 5) is 27.4. The standard InChI is InChI=1S/C30H22ClFN2O3/c31-24-15-11-21(12-16-24)18-33-29(35)22-13-9-20(10-14-22)17-28-30(36)34(19-23-5-1-2-6-25(23)32)26-7-3-4-8-27(26)37-28/h1-17H,18-19H2,(H,33,35). The van der Waals surface area contributed by atoms with Crippen LogP contribution in [0.3, 0.4) is 0 Å². The molecular weight excluding hydrogens is 491 g/mol. The second kappa shape index (κ2) is 10.7. The summed E-state index contributed by atoms with van der Waals surface area (Å²) < 4.78 is 20.2. The number of carbonyl (C=O) groups is 2. The Hall–Kier alpha value is -4.42. The van der Waals surface area contributed by atoms with Gasteiger partial charge in [-0.05, 0) is 59.7 Å². The minimum absolute atomic E-state index is 0.0654. The molecule has 1 aliphatic rings. The van der Waals surface area contributed by atoms with E-state index in [2.05, 4.69) is 5.32 Å². The van der Waals surface area contributed by atoms with Crippen LogP contribution < -0.4 is 15.0 Å². The monoisotopic (exact) mass is 512 g/mol.